The lowest BCUT2D eigenvalue weighted by atomic mass is 10.1. The van der Waals surface area contributed by atoms with Gasteiger partial charge in [-0.3, -0.25) is 4.68 Å². The number of aromatic carboxylic acids is 1. The summed E-state index contributed by atoms with van der Waals surface area (Å²) in [6.45, 7) is 3.74. The van der Waals surface area contributed by atoms with Gasteiger partial charge in [-0.1, -0.05) is 11.6 Å². The molecule has 0 aliphatic heterocycles. The summed E-state index contributed by atoms with van der Waals surface area (Å²) in [7, 11) is 1.82. The van der Waals surface area contributed by atoms with E-state index in [1.165, 1.54) is 0 Å². The quantitative estimate of drug-likeness (QED) is 0.871. The first-order chi connectivity index (χ1) is 8.47. The molecule has 0 fully saturated rings. The Bertz CT molecular complexity index is 602. The van der Waals surface area contributed by atoms with Gasteiger partial charge < -0.3 is 10.4 Å². The van der Waals surface area contributed by atoms with Gasteiger partial charge in [-0.05, 0) is 26.0 Å². The lowest BCUT2D eigenvalue weighted by Gasteiger charge is -2.09. The smallest absolute Gasteiger partial charge is 0.337 e. The van der Waals surface area contributed by atoms with E-state index in [2.05, 4.69) is 10.4 Å². The molecule has 2 rings (SSSR count). The Morgan fingerprint density at radius 2 is 2.06 bits per heavy atom. The van der Waals surface area contributed by atoms with Crippen molar-refractivity contribution in [1.29, 1.82) is 0 Å². The van der Waals surface area contributed by atoms with E-state index in [4.69, 9.17) is 0 Å². The fourth-order valence-electron chi connectivity index (χ4n) is 1.81. The van der Waals surface area contributed by atoms with Gasteiger partial charge in [-0.2, -0.15) is 5.10 Å². The van der Waals surface area contributed by atoms with Crippen LogP contribution in [0.4, 0.5) is 11.4 Å². The Hall–Kier alpha value is -2.30. The Kier molecular flexibility index (Phi) is 3.06. The summed E-state index contributed by atoms with van der Waals surface area (Å²) in [5, 5.41) is 16.5. The van der Waals surface area contributed by atoms with Crippen molar-refractivity contribution in [3.63, 3.8) is 0 Å². The second-order valence-electron chi connectivity index (χ2n) is 4.28. The number of rotatable bonds is 3. The van der Waals surface area contributed by atoms with Crippen LogP contribution < -0.4 is 5.32 Å². The molecule has 18 heavy (non-hydrogen) atoms. The Balaban J connectivity index is 2.40. The Labute approximate surface area is 105 Å². The van der Waals surface area contributed by atoms with Gasteiger partial charge in [0.05, 0.1) is 22.6 Å². The van der Waals surface area contributed by atoms with E-state index in [0.717, 1.165) is 16.9 Å². The summed E-state index contributed by atoms with van der Waals surface area (Å²) in [6.07, 6.45) is 1.82. The minimum atomic E-state index is -0.942. The number of hydrogen-bond acceptors (Lipinski definition) is 3. The summed E-state index contributed by atoms with van der Waals surface area (Å²) < 4.78 is 1.69. The SMILES string of the molecule is Cc1ccc(Nc2cn(C)nc2C)c(C(=O)O)c1. The summed E-state index contributed by atoms with van der Waals surface area (Å²) >= 11 is 0. The van der Waals surface area contributed by atoms with Crippen LogP contribution >= 0.6 is 0 Å². The minimum absolute atomic E-state index is 0.262. The van der Waals surface area contributed by atoms with E-state index in [9.17, 15) is 9.90 Å². The molecule has 0 atom stereocenters. The van der Waals surface area contributed by atoms with Crippen LogP contribution in [0.15, 0.2) is 24.4 Å². The number of carboxylic acids is 1. The lowest BCUT2D eigenvalue weighted by Crippen LogP contribution is -2.03. The molecule has 0 spiro atoms. The van der Waals surface area contributed by atoms with Gasteiger partial charge in [0, 0.05) is 13.2 Å². The maximum atomic E-state index is 11.2. The normalized spacial score (nSPS) is 10.4. The molecule has 1 aromatic carbocycles. The first kappa shape index (κ1) is 12.2. The molecule has 5 heteroatoms. The van der Waals surface area contributed by atoms with Gasteiger partial charge in [0.15, 0.2) is 0 Å². The van der Waals surface area contributed by atoms with Crippen LogP contribution in [0.3, 0.4) is 0 Å². The molecule has 94 valence electrons. The van der Waals surface area contributed by atoms with Crippen molar-refractivity contribution >= 4 is 17.3 Å². The highest BCUT2D eigenvalue weighted by molar-refractivity contribution is 5.95. The maximum Gasteiger partial charge on any atom is 0.337 e. The van der Waals surface area contributed by atoms with Crippen LogP contribution in [0.1, 0.15) is 21.6 Å². The summed E-state index contributed by atoms with van der Waals surface area (Å²) in [5.41, 5.74) is 3.39. The monoisotopic (exact) mass is 245 g/mol. The standard InChI is InChI=1S/C13H15N3O2/c1-8-4-5-11(10(6-8)13(17)18)14-12-7-16(3)15-9(12)2/h4-7,14H,1-3H3,(H,17,18). The third-order valence-electron chi connectivity index (χ3n) is 2.69. The molecular formula is C13H15N3O2. The highest BCUT2D eigenvalue weighted by Crippen LogP contribution is 2.23. The van der Waals surface area contributed by atoms with Crippen LogP contribution in [0.5, 0.6) is 0 Å². The topological polar surface area (TPSA) is 67.2 Å². The van der Waals surface area contributed by atoms with Crippen LogP contribution in [-0.2, 0) is 7.05 Å². The summed E-state index contributed by atoms with van der Waals surface area (Å²) in [5.74, 6) is -0.942. The van der Waals surface area contributed by atoms with Gasteiger partial charge in [0.25, 0.3) is 0 Å². The van der Waals surface area contributed by atoms with Crippen molar-refractivity contribution in [2.45, 2.75) is 13.8 Å². The van der Waals surface area contributed by atoms with Crippen LogP contribution in [0.25, 0.3) is 0 Å². The first-order valence-corrected chi connectivity index (χ1v) is 5.58. The van der Waals surface area contributed by atoms with E-state index >= 15 is 0 Å². The fraction of sp³-hybridized carbons (Fsp3) is 0.231. The second kappa shape index (κ2) is 4.52. The number of aryl methyl sites for hydroxylation is 3. The largest absolute Gasteiger partial charge is 0.478 e. The lowest BCUT2D eigenvalue weighted by molar-refractivity contribution is 0.0698. The molecule has 0 saturated heterocycles. The van der Waals surface area contributed by atoms with Crippen molar-refractivity contribution in [1.82, 2.24) is 9.78 Å². The van der Waals surface area contributed by atoms with Gasteiger partial charge >= 0.3 is 5.97 Å². The van der Waals surface area contributed by atoms with Crippen molar-refractivity contribution in [3.05, 3.63) is 41.2 Å². The van der Waals surface area contributed by atoms with Crippen molar-refractivity contribution in [2.24, 2.45) is 7.05 Å². The number of nitrogens with zero attached hydrogens (tertiary/aromatic N) is 2. The molecule has 0 aliphatic rings. The summed E-state index contributed by atoms with van der Waals surface area (Å²) in [6, 6.07) is 5.29. The number of hydrogen-bond donors (Lipinski definition) is 2. The third-order valence-corrected chi connectivity index (χ3v) is 2.69. The molecule has 0 unspecified atom stereocenters. The van der Waals surface area contributed by atoms with Crippen molar-refractivity contribution in [2.75, 3.05) is 5.32 Å². The van der Waals surface area contributed by atoms with Gasteiger partial charge in [-0.15, -0.1) is 0 Å². The molecule has 5 nitrogen and oxygen atoms in total. The van der Waals surface area contributed by atoms with E-state index < -0.39 is 5.97 Å². The zero-order valence-electron chi connectivity index (χ0n) is 10.6. The number of nitrogens with one attached hydrogen (secondary N) is 1. The molecule has 0 bridgehead atoms. The van der Waals surface area contributed by atoms with E-state index in [-0.39, 0.29) is 5.56 Å². The van der Waals surface area contributed by atoms with Crippen LogP contribution in [0.2, 0.25) is 0 Å². The maximum absolute atomic E-state index is 11.2. The molecular weight excluding hydrogens is 230 g/mol. The number of benzene rings is 1. The number of aromatic nitrogens is 2. The highest BCUT2D eigenvalue weighted by Gasteiger charge is 2.12. The molecule has 0 saturated carbocycles. The molecule has 0 aliphatic carbocycles. The zero-order chi connectivity index (χ0) is 13.3. The average Bonchev–Trinajstić information content (AvgIpc) is 2.60. The Morgan fingerprint density at radius 3 is 2.61 bits per heavy atom. The molecule has 2 aromatic rings. The number of anilines is 2. The predicted octanol–water partition coefficient (Wildman–Crippen LogP) is 2.48. The summed E-state index contributed by atoms with van der Waals surface area (Å²) in [4.78, 5) is 11.2. The molecule has 2 N–H and O–H groups in total. The molecule has 0 amide bonds. The van der Waals surface area contributed by atoms with E-state index in [0.29, 0.717) is 5.69 Å². The number of carboxylic acid groups (broad SMARTS) is 1. The van der Waals surface area contributed by atoms with Crippen molar-refractivity contribution < 1.29 is 9.90 Å². The van der Waals surface area contributed by atoms with Crippen LogP contribution in [-0.4, -0.2) is 20.9 Å². The fourth-order valence-corrected chi connectivity index (χ4v) is 1.81. The average molecular weight is 245 g/mol. The molecule has 0 radical (unpaired) electrons. The van der Waals surface area contributed by atoms with E-state index in [1.54, 1.807) is 16.8 Å². The third kappa shape index (κ3) is 2.34. The first-order valence-electron chi connectivity index (χ1n) is 5.58. The van der Waals surface area contributed by atoms with Gasteiger partial charge in [0.2, 0.25) is 0 Å². The zero-order valence-corrected chi connectivity index (χ0v) is 10.6. The number of carbonyl (C=O) groups is 1. The highest BCUT2D eigenvalue weighted by atomic mass is 16.4. The Morgan fingerprint density at radius 1 is 1.33 bits per heavy atom. The molecule has 1 heterocycles. The molecule has 1 aromatic heterocycles. The van der Waals surface area contributed by atoms with Gasteiger partial charge in [0.1, 0.15) is 0 Å². The van der Waals surface area contributed by atoms with Crippen LogP contribution in [0, 0.1) is 13.8 Å². The second-order valence-corrected chi connectivity index (χ2v) is 4.28. The van der Waals surface area contributed by atoms with Gasteiger partial charge in [-0.25, -0.2) is 4.79 Å². The van der Waals surface area contributed by atoms with E-state index in [1.807, 2.05) is 33.2 Å². The minimum Gasteiger partial charge on any atom is -0.478 e. The van der Waals surface area contributed by atoms with Crippen molar-refractivity contribution in [3.8, 4) is 0 Å². The predicted molar refractivity (Wildman–Crippen MR) is 69.4 cm³/mol.